The molecule has 0 aromatic heterocycles. The van der Waals surface area contributed by atoms with Crippen LogP contribution in [-0.2, 0) is 6.18 Å². The number of likely N-dealkylation sites (tertiary alicyclic amines) is 1. The molecule has 2 aromatic rings. The van der Waals surface area contributed by atoms with Crippen LogP contribution in [0, 0.1) is 5.92 Å². The molecule has 156 valence electrons. The highest BCUT2D eigenvalue weighted by atomic mass is 35.5. The monoisotopic (exact) mass is 465 g/mol. The fourth-order valence-corrected chi connectivity index (χ4v) is 3.94. The molecule has 0 bridgehead atoms. The number of halogens is 6. The number of alkyl halides is 3. The quantitative estimate of drug-likeness (QED) is 0.356. The number of benzene rings is 2. The topological polar surface area (TPSA) is 29.5 Å². The molecule has 0 aliphatic carbocycles. The van der Waals surface area contributed by atoms with Gasteiger partial charge in [0.2, 0.25) is 0 Å². The molecule has 1 fully saturated rings. The summed E-state index contributed by atoms with van der Waals surface area (Å²) in [4.78, 5) is 13.2. The van der Waals surface area contributed by atoms with Gasteiger partial charge in [-0.1, -0.05) is 29.3 Å². The number of hydrogen-bond acceptors (Lipinski definition) is 2. The largest absolute Gasteiger partial charge is 0.494 e. The normalized spacial score (nSPS) is 19.4. The second-order valence-corrected chi connectivity index (χ2v) is 8.00. The molecule has 29 heavy (non-hydrogen) atoms. The first kappa shape index (κ1) is 22.1. The van der Waals surface area contributed by atoms with Crippen LogP contribution in [0.4, 0.5) is 18.0 Å². The molecule has 0 radical (unpaired) electrons. The molecule has 1 saturated heterocycles. The Morgan fingerprint density at radius 1 is 1.07 bits per heavy atom. The van der Waals surface area contributed by atoms with E-state index >= 15 is 0 Å². The van der Waals surface area contributed by atoms with E-state index in [-0.39, 0.29) is 18.4 Å². The number of carbonyl (C=O) groups excluding carboxylic acids is 1. The van der Waals surface area contributed by atoms with Crippen molar-refractivity contribution < 1.29 is 22.7 Å². The van der Waals surface area contributed by atoms with Crippen LogP contribution < -0.4 is 4.74 Å². The number of ether oxygens (including phenoxy) is 1. The van der Waals surface area contributed by atoms with E-state index in [2.05, 4.69) is 0 Å². The van der Waals surface area contributed by atoms with Gasteiger partial charge in [-0.05, 0) is 65.9 Å². The van der Waals surface area contributed by atoms with Crippen LogP contribution in [0.2, 0.25) is 10.0 Å². The van der Waals surface area contributed by atoms with Gasteiger partial charge in [0.25, 0.3) is 0 Å². The summed E-state index contributed by atoms with van der Waals surface area (Å²) in [6, 6.07) is 9.91. The average molecular weight is 467 g/mol. The fourth-order valence-electron chi connectivity index (χ4n) is 3.50. The summed E-state index contributed by atoms with van der Waals surface area (Å²) in [6.45, 7) is 1.20. The van der Waals surface area contributed by atoms with E-state index in [1.165, 1.54) is 12.1 Å². The summed E-state index contributed by atoms with van der Waals surface area (Å²) in [5.41, 5.74) is 0.218. The van der Waals surface area contributed by atoms with Crippen LogP contribution in [0.25, 0.3) is 0 Å². The molecule has 2 unspecified atom stereocenters. The average Bonchev–Trinajstić information content (AvgIpc) is 3.08. The molecule has 0 spiro atoms. The third kappa shape index (κ3) is 5.50. The van der Waals surface area contributed by atoms with Crippen molar-refractivity contribution in [3.05, 3.63) is 63.6 Å². The maximum atomic E-state index is 12.6. The van der Waals surface area contributed by atoms with Crippen molar-refractivity contribution in [1.82, 2.24) is 4.90 Å². The Hall–Kier alpha value is -1.63. The predicted octanol–water partition coefficient (Wildman–Crippen LogP) is 6.86. The van der Waals surface area contributed by atoms with Gasteiger partial charge in [0.05, 0.1) is 22.2 Å². The smallest absolute Gasteiger partial charge is 0.416 e. The van der Waals surface area contributed by atoms with Gasteiger partial charge in [-0.15, -0.1) is 0 Å². The van der Waals surface area contributed by atoms with Gasteiger partial charge in [0, 0.05) is 19.0 Å². The Morgan fingerprint density at radius 3 is 2.34 bits per heavy atom. The zero-order chi connectivity index (χ0) is 21.2. The van der Waals surface area contributed by atoms with E-state index in [4.69, 9.17) is 39.5 Å². The first-order valence-corrected chi connectivity index (χ1v) is 9.98. The van der Waals surface area contributed by atoms with Crippen molar-refractivity contribution in [2.24, 2.45) is 5.92 Å². The highest BCUT2D eigenvalue weighted by Crippen LogP contribution is 2.38. The van der Waals surface area contributed by atoms with Gasteiger partial charge in [-0.2, -0.15) is 13.2 Å². The predicted molar refractivity (Wildman–Crippen MR) is 107 cm³/mol. The van der Waals surface area contributed by atoms with Crippen LogP contribution in [-0.4, -0.2) is 30.0 Å². The van der Waals surface area contributed by atoms with Gasteiger partial charge < -0.3 is 9.64 Å². The number of carbonyl (C=O) groups is 1. The number of rotatable bonds is 5. The summed E-state index contributed by atoms with van der Waals surface area (Å²) < 4.78 is 43.5. The van der Waals surface area contributed by atoms with Gasteiger partial charge in [-0.3, -0.25) is 4.79 Å². The SMILES string of the molecule is O=C(Cl)N1CC(CCOc2ccc(C(F)(F)F)cc2)C(c2ccc(Cl)c(Cl)c2)C1. The lowest BCUT2D eigenvalue weighted by Gasteiger charge is -2.19. The second-order valence-electron chi connectivity index (χ2n) is 6.86. The number of hydrogen-bond donors (Lipinski definition) is 0. The van der Waals surface area contributed by atoms with Gasteiger partial charge in [0.15, 0.2) is 0 Å². The second kappa shape index (κ2) is 9.02. The summed E-state index contributed by atoms with van der Waals surface area (Å²) in [7, 11) is 0. The van der Waals surface area contributed by atoms with Crippen molar-refractivity contribution in [3.8, 4) is 5.75 Å². The standard InChI is InChI=1S/C20H17Cl3F3NO2/c21-17-6-1-12(9-18(17)22)16-11-27(19(23)28)10-13(16)7-8-29-15-4-2-14(3-5-15)20(24,25)26/h1-6,9,13,16H,7-8,10-11H2. The molecule has 1 heterocycles. The minimum Gasteiger partial charge on any atom is -0.494 e. The molecule has 3 rings (SSSR count). The Labute approximate surface area is 181 Å². The zero-order valence-electron chi connectivity index (χ0n) is 15.1. The third-order valence-corrected chi connectivity index (χ3v) is 5.98. The summed E-state index contributed by atoms with van der Waals surface area (Å²) in [5, 5.41) is 0.349. The first-order chi connectivity index (χ1) is 13.6. The van der Waals surface area contributed by atoms with Gasteiger partial charge in [0.1, 0.15) is 5.75 Å². The Morgan fingerprint density at radius 2 is 1.76 bits per heavy atom. The molecule has 2 atom stereocenters. The molecular weight excluding hydrogens is 450 g/mol. The van der Waals surface area contributed by atoms with Crippen LogP contribution in [0.1, 0.15) is 23.5 Å². The van der Waals surface area contributed by atoms with Crippen molar-refractivity contribution in [3.63, 3.8) is 0 Å². The summed E-state index contributed by atoms with van der Waals surface area (Å²) in [5.74, 6) is 0.417. The molecule has 1 aliphatic rings. The van der Waals surface area contributed by atoms with Crippen LogP contribution >= 0.6 is 34.8 Å². The van der Waals surface area contributed by atoms with E-state index in [1.807, 2.05) is 6.07 Å². The zero-order valence-corrected chi connectivity index (χ0v) is 17.3. The first-order valence-electron chi connectivity index (χ1n) is 8.84. The van der Waals surface area contributed by atoms with E-state index < -0.39 is 17.1 Å². The van der Waals surface area contributed by atoms with Crippen LogP contribution in [0.5, 0.6) is 5.75 Å². The maximum Gasteiger partial charge on any atom is 0.416 e. The molecule has 9 heteroatoms. The lowest BCUT2D eigenvalue weighted by Crippen LogP contribution is -2.23. The molecule has 1 aliphatic heterocycles. The Bertz CT molecular complexity index is 874. The molecule has 0 N–H and O–H groups in total. The molecular formula is C20H17Cl3F3NO2. The minimum absolute atomic E-state index is 0.00340. The highest BCUT2D eigenvalue weighted by molar-refractivity contribution is 6.62. The lowest BCUT2D eigenvalue weighted by molar-refractivity contribution is -0.137. The van der Waals surface area contributed by atoms with E-state index in [1.54, 1.807) is 17.0 Å². The number of amides is 1. The van der Waals surface area contributed by atoms with Crippen molar-refractivity contribution in [1.29, 1.82) is 0 Å². The molecule has 0 saturated carbocycles. The summed E-state index contributed by atoms with van der Waals surface area (Å²) in [6.07, 6.45) is -3.79. The van der Waals surface area contributed by atoms with Crippen molar-refractivity contribution in [2.45, 2.75) is 18.5 Å². The van der Waals surface area contributed by atoms with Crippen LogP contribution in [0.15, 0.2) is 42.5 Å². The fraction of sp³-hybridized carbons (Fsp3) is 0.350. The van der Waals surface area contributed by atoms with E-state index in [9.17, 15) is 18.0 Å². The lowest BCUT2D eigenvalue weighted by atomic mass is 9.87. The van der Waals surface area contributed by atoms with Gasteiger partial charge in [-0.25, -0.2) is 0 Å². The van der Waals surface area contributed by atoms with E-state index in [0.717, 1.165) is 17.7 Å². The molecule has 2 aromatic carbocycles. The van der Waals surface area contributed by atoms with E-state index in [0.29, 0.717) is 35.3 Å². The molecule has 1 amide bonds. The number of nitrogens with zero attached hydrogens (tertiary/aromatic N) is 1. The third-order valence-electron chi connectivity index (χ3n) is 5.00. The highest BCUT2D eigenvalue weighted by Gasteiger charge is 2.36. The summed E-state index contributed by atoms with van der Waals surface area (Å²) >= 11 is 17.8. The van der Waals surface area contributed by atoms with Gasteiger partial charge >= 0.3 is 11.5 Å². The van der Waals surface area contributed by atoms with Crippen LogP contribution in [0.3, 0.4) is 0 Å². The minimum atomic E-state index is -4.38. The van der Waals surface area contributed by atoms with Crippen molar-refractivity contribution in [2.75, 3.05) is 19.7 Å². The Balaban J connectivity index is 1.65. The Kier molecular flexibility index (Phi) is 6.87. The van der Waals surface area contributed by atoms with Crippen molar-refractivity contribution >= 4 is 40.2 Å². The molecule has 3 nitrogen and oxygen atoms in total. The maximum absolute atomic E-state index is 12.6.